The molecule has 0 unspecified atom stereocenters. The van der Waals surface area contributed by atoms with Crippen LogP contribution in [0.25, 0.3) is 0 Å². The van der Waals surface area contributed by atoms with Crippen molar-refractivity contribution in [2.75, 3.05) is 0 Å². The van der Waals surface area contributed by atoms with Crippen molar-refractivity contribution in [3.63, 3.8) is 0 Å². The van der Waals surface area contributed by atoms with E-state index in [-0.39, 0.29) is 5.75 Å². The Kier molecular flexibility index (Phi) is 2.15. The van der Waals surface area contributed by atoms with Crippen LogP contribution in [0.3, 0.4) is 0 Å². The van der Waals surface area contributed by atoms with E-state index >= 15 is 0 Å². The first kappa shape index (κ1) is 6.92. The van der Waals surface area contributed by atoms with Crippen LogP contribution in [0.5, 0.6) is 5.75 Å². The zero-order valence-corrected chi connectivity index (χ0v) is 5.00. The molecular weight excluding hydrogens is 140 g/mol. The van der Waals surface area contributed by atoms with Crippen molar-refractivity contribution in [2.45, 2.75) is 6.61 Å². The molecule has 0 aliphatic rings. The van der Waals surface area contributed by atoms with Gasteiger partial charge < -0.3 is 4.74 Å². The highest BCUT2D eigenvalue weighted by molar-refractivity contribution is 5.16. The maximum atomic E-state index is 11.5. The second-order valence-electron chi connectivity index (χ2n) is 1.56. The Morgan fingerprint density at radius 3 is 2.40 bits per heavy atom. The van der Waals surface area contributed by atoms with Gasteiger partial charge in [-0.2, -0.15) is 8.78 Å². The summed E-state index contributed by atoms with van der Waals surface area (Å²) in [6.45, 7) is -2.76. The maximum Gasteiger partial charge on any atom is 0.387 e. The number of aromatic nitrogens is 1. The molecular formula is C6H5F2NO. The predicted octanol–water partition coefficient (Wildman–Crippen LogP) is 1.68. The quantitative estimate of drug-likeness (QED) is 0.631. The zero-order valence-electron chi connectivity index (χ0n) is 5.00. The lowest BCUT2D eigenvalue weighted by Crippen LogP contribution is -2.01. The van der Waals surface area contributed by atoms with Crippen molar-refractivity contribution in [3.05, 3.63) is 24.5 Å². The molecule has 1 aromatic rings. The molecule has 1 rings (SSSR count). The van der Waals surface area contributed by atoms with Gasteiger partial charge in [0.1, 0.15) is 5.75 Å². The monoisotopic (exact) mass is 145 g/mol. The molecule has 0 bridgehead atoms. The van der Waals surface area contributed by atoms with Gasteiger partial charge in [0, 0.05) is 12.4 Å². The zero-order chi connectivity index (χ0) is 7.40. The molecule has 0 amide bonds. The van der Waals surface area contributed by atoms with E-state index in [4.69, 9.17) is 0 Å². The highest BCUT2D eigenvalue weighted by atomic mass is 19.3. The molecule has 0 fully saturated rings. The molecule has 4 heteroatoms. The van der Waals surface area contributed by atoms with Crippen LogP contribution in [0.4, 0.5) is 8.78 Å². The Bertz CT molecular complexity index is 190. The Hall–Kier alpha value is -1.19. The van der Waals surface area contributed by atoms with Crippen LogP contribution < -0.4 is 4.74 Å². The largest absolute Gasteiger partial charge is 0.435 e. The summed E-state index contributed by atoms with van der Waals surface area (Å²) in [6, 6.07) is 2.73. The van der Waals surface area contributed by atoms with Crippen molar-refractivity contribution >= 4 is 0 Å². The summed E-state index contributed by atoms with van der Waals surface area (Å²) in [6.07, 6.45) is 2.77. The molecule has 0 saturated heterocycles. The van der Waals surface area contributed by atoms with E-state index < -0.39 is 6.61 Å². The SMILES string of the molecule is FC(F)Oc1ccncc1. The third-order valence-corrected chi connectivity index (χ3v) is 0.875. The molecule has 1 heterocycles. The number of halogens is 2. The van der Waals surface area contributed by atoms with Crippen LogP contribution in [0, 0.1) is 0 Å². The Labute approximate surface area is 56.5 Å². The van der Waals surface area contributed by atoms with Gasteiger partial charge in [0.05, 0.1) is 0 Å². The fourth-order valence-electron chi connectivity index (χ4n) is 0.520. The first-order chi connectivity index (χ1) is 4.79. The number of hydrogen-bond donors (Lipinski definition) is 0. The highest BCUT2D eigenvalue weighted by Gasteiger charge is 2.01. The van der Waals surface area contributed by atoms with Gasteiger partial charge in [0.2, 0.25) is 0 Å². The number of hydrogen-bond acceptors (Lipinski definition) is 2. The lowest BCUT2D eigenvalue weighted by Gasteiger charge is -2.01. The lowest BCUT2D eigenvalue weighted by atomic mass is 10.5. The van der Waals surface area contributed by atoms with E-state index in [1.807, 2.05) is 0 Å². The van der Waals surface area contributed by atoms with E-state index in [1.165, 1.54) is 24.5 Å². The minimum absolute atomic E-state index is 0.130. The van der Waals surface area contributed by atoms with Crippen LogP contribution in [0.2, 0.25) is 0 Å². The molecule has 0 radical (unpaired) electrons. The third kappa shape index (κ3) is 1.97. The fraction of sp³-hybridized carbons (Fsp3) is 0.167. The Balaban J connectivity index is 2.59. The minimum Gasteiger partial charge on any atom is -0.435 e. The summed E-state index contributed by atoms with van der Waals surface area (Å²) < 4.78 is 27.0. The van der Waals surface area contributed by atoms with Gasteiger partial charge in [0.15, 0.2) is 0 Å². The highest BCUT2D eigenvalue weighted by Crippen LogP contribution is 2.10. The molecule has 0 atom stereocenters. The topological polar surface area (TPSA) is 22.1 Å². The first-order valence-corrected chi connectivity index (χ1v) is 2.64. The normalized spacial score (nSPS) is 9.90. The second-order valence-corrected chi connectivity index (χ2v) is 1.56. The van der Waals surface area contributed by atoms with Crippen molar-refractivity contribution in [3.8, 4) is 5.75 Å². The van der Waals surface area contributed by atoms with E-state index in [0.29, 0.717) is 0 Å². The van der Waals surface area contributed by atoms with Crippen LogP contribution in [0.15, 0.2) is 24.5 Å². The van der Waals surface area contributed by atoms with Gasteiger partial charge in [-0.25, -0.2) is 0 Å². The molecule has 2 nitrogen and oxygen atoms in total. The van der Waals surface area contributed by atoms with Gasteiger partial charge in [-0.15, -0.1) is 0 Å². The second kappa shape index (κ2) is 3.10. The summed E-state index contributed by atoms with van der Waals surface area (Å²) in [5.74, 6) is 0.130. The molecule has 0 aliphatic heterocycles. The van der Waals surface area contributed by atoms with Crippen molar-refractivity contribution in [2.24, 2.45) is 0 Å². The van der Waals surface area contributed by atoms with E-state index in [0.717, 1.165) is 0 Å². The standard InChI is InChI=1S/C6H5F2NO/c7-6(8)10-5-1-3-9-4-2-5/h1-4,6H. The van der Waals surface area contributed by atoms with Crippen molar-refractivity contribution in [1.29, 1.82) is 0 Å². The third-order valence-electron chi connectivity index (χ3n) is 0.875. The van der Waals surface area contributed by atoms with E-state index in [9.17, 15) is 8.78 Å². The van der Waals surface area contributed by atoms with Crippen LogP contribution >= 0.6 is 0 Å². The minimum atomic E-state index is -2.76. The van der Waals surface area contributed by atoms with Gasteiger partial charge in [-0.05, 0) is 12.1 Å². The molecule has 10 heavy (non-hydrogen) atoms. The van der Waals surface area contributed by atoms with Crippen LogP contribution in [0.1, 0.15) is 0 Å². The predicted molar refractivity (Wildman–Crippen MR) is 30.9 cm³/mol. The van der Waals surface area contributed by atoms with Crippen molar-refractivity contribution < 1.29 is 13.5 Å². The lowest BCUT2D eigenvalue weighted by molar-refractivity contribution is -0.0498. The van der Waals surface area contributed by atoms with Gasteiger partial charge in [0.25, 0.3) is 0 Å². The molecule has 0 N–H and O–H groups in total. The molecule has 0 saturated carbocycles. The summed E-state index contributed by atoms with van der Waals surface area (Å²) >= 11 is 0. The number of pyridine rings is 1. The van der Waals surface area contributed by atoms with Crippen molar-refractivity contribution in [1.82, 2.24) is 4.98 Å². The van der Waals surface area contributed by atoms with Gasteiger partial charge >= 0.3 is 6.61 Å². The molecule has 0 aromatic carbocycles. The number of alkyl halides is 2. The number of ether oxygens (including phenoxy) is 1. The summed E-state index contributed by atoms with van der Waals surface area (Å²) in [5, 5.41) is 0. The molecule has 0 aliphatic carbocycles. The average molecular weight is 145 g/mol. The number of rotatable bonds is 2. The maximum absolute atomic E-state index is 11.5. The van der Waals surface area contributed by atoms with Crippen LogP contribution in [-0.4, -0.2) is 11.6 Å². The molecule has 0 spiro atoms. The smallest absolute Gasteiger partial charge is 0.387 e. The van der Waals surface area contributed by atoms with E-state index in [1.54, 1.807) is 0 Å². The summed E-state index contributed by atoms with van der Waals surface area (Å²) in [5.41, 5.74) is 0. The van der Waals surface area contributed by atoms with Crippen LogP contribution in [-0.2, 0) is 0 Å². The Morgan fingerprint density at radius 1 is 1.30 bits per heavy atom. The first-order valence-electron chi connectivity index (χ1n) is 2.64. The average Bonchev–Trinajstić information content (AvgIpc) is 1.88. The summed E-state index contributed by atoms with van der Waals surface area (Å²) in [7, 11) is 0. The Morgan fingerprint density at radius 2 is 1.90 bits per heavy atom. The summed E-state index contributed by atoms with van der Waals surface area (Å²) in [4.78, 5) is 3.63. The van der Waals surface area contributed by atoms with Gasteiger partial charge in [-0.1, -0.05) is 0 Å². The van der Waals surface area contributed by atoms with Gasteiger partial charge in [-0.3, -0.25) is 4.98 Å². The molecule has 1 aromatic heterocycles. The fourth-order valence-corrected chi connectivity index (χ4v) is 0.520. The molecule has 54 valence electrons. The van der Waals surface area contributed by atoms with E-state index in [2.05, 4.69) is 9.72 Å². The number of nitrogens with zero attached hydrogens (tertiary/aromatic N) is 1.